The molecule has 0 saturated heterocycles. The van der Waals surface area contributed by atoms with Crippen LogP contribution in [-0.4, -0.2) is 14.6 Å². The lowest BCUT2D eigenvalue weighted by molar-refractivity contribution is 0.601. The molecule has 1 atom stereocenters. The minimum absolute atomic E-state index is 0.143. The van der Waals surface area contributed by atoms with Crippen molar-refractivity contribution in [3.8, 4) is 0 Å². The van der Waals surface area contributed by atoms with Crippen LogP contribution in [-0.2, 0) is 10.0 Å². The van der Waals surface area contributed by atoms with Crippen LogP contribution in [0.1, 0.15) is 30.4 Å². The number of rotatable bonds is 3. The van der Waals surface area contributed by atoms with Gasteiger partial charge in [-0.05, 0) is 37.5 Å². The molecule has 0 radical (unpaired) electrons. The number of aliphatic imine (C=N–C) groups is 1. The van der Waals surface area contributed by atoms with Crippen LogP contribution in [0.4, 0.5) is 11.4 Å². The summed E-state index contributed by atoms with van der Waals surface area (Å²) in [6.07, 6.45) is 2.50. The van der Waals surface area contributed by atoms with Crippen LogP contribution in [0, 0.1) is 6.92 Å². The van der Waals surface area contributed by atoms with Crippen molar-refractivity contribution in [1.29, 1.82) is 0 Å². The minimum Gasteiger partial charge on any atom is -0.276 e. The molecule has 1 heterocycles. The molecule has 1 N–H and O–H groups in total. The van der Waals surface area contributed by atoms with E-state index in [0.717, 1.165) is 17.5 Å². The number of anilines is 1. The lowest BCUT2D eigenvalue weighted by Gasteiger charge is -2.22. The molecular formula is C17H16Cl2N2O2S. The Morgan fingerprint density at radius 1 is 1.17 bits per heavy atom. The summed E-state index contributed by atoms with van der Waals surface area (Å²) in [5, 5.41) is 0.721. The molecule has 0 saturated carbocycles. The number of hydrogen-bond acceptors (Lipinski definition) is 3. The van der Waals surface area contributed by atoms with Gasteiger partial charge in [-0.2, -0.15) is 0 Å². The van der Waals surface area contributed by atoms with Crippen molar-refractivity contribution in [3.63, 3.8) is 0 Å². The second-order valence-corrected chi connectivity index (χ2v) is 8.34. The lowest BCUT2D eigenvalue weighted by Crippen LogP contribution is -2.15. The maximum absolute atomic E-state index is 12.7. The number of fused-ring (bicyclic) bond motifs is 1. The van der Waals surface area contributed by atoms with Crippen molar-refractivity contribution in [2.75, 3.05) is 4.72 Å². The van der Waals surface area contributed by atoms with E-state index in [-0.39, 0.29) is 21.5 Å². The van der Waals surface area contributed by atoms with Gasteiger partial charge in [0.1, 0.15) is 0 Å². The van der Waals surface area contributed by atoms with Gasteiger partial charge < -0.3 is 0 Å². The maximum atomic E-state index is 12.7. The van der Waals surface area contributed by atoms with Gasteiger partial charge in [0.25, 0.3) is 10.0 Å². The third-order valence-electron chi connectivity index (χ3n) is 3.98. The highest BCUT2D eigenvalue weighted by molar-refractivity contribution is 7.92. The third-order valence-corrected chi connectivity index (χ3v) is 5.96. The molecule has 1 unspecified atom stereocenters. The van der Waals surface area contributed by atoms with Crippen LogP contribution in [0.5, 0.6) is 0 Å². The predicted molar refractivity (Wildman–Crippen MR) is 99.6 cm³/mol. The summed E-state index contributed by atoms with van der Waals surface area (Å²) in [4.78, 5) is 4.50. The standard InChI is InChI=1S/C17H16Cl2N2O2S/c1-10-3-5-12(6-4-10)24(22,23)21-16-14(19)9-13(18)15-11(2)7-8-20-17(15)16/h3-6,8-9,11,21H,7H2,1-2H3. The SMILES string of the molecule is Cc1ccc(S(=O)(=O)Nc2c(Cl)cc(Cl)c3c2N=CCC3C)cc1. The molecule has 0 spiro atoms. The Bertz CT molecular complexity index is 923. The monoisotopic (exact) mass is 382 g/mol. The molecule has 126 valence electrons. The van der Waals surface area contributed by atoms with Crippen molar-refractivity contribution in [2.45, 2.75) is 31.1 Å². The van der Waals surface area contributed by atoms with Gasteiger partial charge in [0.05, 0.1) is 21.3 Å². The number of aryl methyl sites for hydroxylation is 1. The number of nitrogens with zero attached hydrogens (tertiary/aromatic N) is 1. The van der Waals surface area contributed by atoms with Crippen molar-refractivity contribution in [2.24, 2.45) is 4.99 Å². The van der Waals surface area contributed by atoms with E-state index in [1.165, 1.54) is 0 Å². The zero-order chi connectivity index (χ0) is 17.5. The summed E-state index contributed by atoms with van der Waals surface area (Å²) in [5.74, 6) is 0.143. The largest absolute Gasteiger partial charge is 0.276 e. The summed E-state index contributed by atoms with van der Waals surface area (Å²) < 4.78 is 27.9. The number of nitrogens with one attached hydrogen (secondary N) is 1. The van der Waals surface area contributed by atoms with Gasteiger partial charge in [0, 0.05) is 16.8 Å². The zero-order valence-electron chi connectivity index (χ0n) is 13.2. The molecule has 1 aliphatic heterocycles. The molecule has 24 heavy (non-hydrogen) atoms. The second-order valence-electron chi connectivity index (χ2n) is 5.84. The van der Waals surface area contributed by atoms with E-state index in [1.54, 1.807) is 36.5 Å². The molecule has 2 aromatic carbocycles. The van der Waals surface area contributed by atoms with Gasteiger partial charge in [-0.3, -0.25) is 9.71 Å². The zero-order valence-corrected chi connectivity index (χ0v) is 15.5. The van der Waals surface area contributed by atoms with E-state index in [4.69, 9.17) is 23.2 Å². The summed E-state index contributed by atoms with van der Waals surface area (Å²) in [6, 6.07) is 8.16. The first kappa shape index (κ1) is 17.3. The average Bonchev–Trinajstić information content (AvgIpc) is 2.51. The van der Waals surface area contributed by atoms with E-state index in [1.807, 2.05) is 13.8 Å². The van der Waals surface area contributed by atoms with Crippen molar-refractivity contribution in [1.82, 2.24) is 0 Å². The number of benzene rings is 2. The summed E-state index contributed by atoms with van der Waals surface area (Å²) in [7, 11) is -3.77. The number of halogens is 2. The minimum atomic E-state index is -3.77. The van der Waals surface area contributed by atoms with E-state index >= 15 is 0 Å². The predicted octanol–water partition coefficient (Wildman–Crippen LogP) is 5.31. The summed E-state index contributed by atoms with van der Waals surface area (Å²) >= 11 is 12.5. The van der Waals surface area contributed by atoms with Crippen LogP contribution in [0.3, 0.4) is 0 Å². The molecule has 2 aromatic rings. The summed E-state index contributed by atoms with van der Waals surface area (Å²) in [5.41, 5.74) is 2.54. The Balaban J connectivity index is 2.09. The quantitative estimate of drug-likeness (QED) is 0.781. The molecule has 4 nitrogen and oxygen atoms in total. The lowest BCUT2D eigenvalue weighted by atomic mass is 9.93. The third kappa shape index (κ3) is 3.16. The Labute approximate surface area is 151 Å². The molecule has 0 aliphatic carbocycles. The Morgan fingerprint density at radius 3 is 2.50 bits per heavy atom. The molecule has 3 rings (SSSR count). The fourth-order valence-corrected chi connectivity index (χ4v) is 4.48. The van der Waals surface area contributed by atoms with Gasteiger partial charge in [-0.1, -0.05) is 47.8 Å². The van der Waals surface area contributed by atoms with Gasteiger partial charge in [0.15, 0.2) is 0 Å². The number of hydrogen-bond donors (Lipinski definition) is 1. The average molecular weight is 383 g/mol. The van der Waals surface area contributed by atoms with Crippen molar-refractivity contribution < 1.29 is 8.42 Å². The van der Waals surface area contributed by atoms with E-state index in [0.29, 0.717) is 10.7 Å². The van der Waals surface area contributed by atoms with Gasteiger partial charge in [-0.25, -0.2) is 8.42 Å². The van der Waals surface area contributed by atoms with Crippen LogP contribution >= 0.6 is 23.2 Å². The number of sulfonamides is 1. The van der Waals surface area contributed by atoms with Crippen LogP contribution in [0.25, 0.3) is 0 Å². The first-order valence-electron chi connectivity index (χ1n) is 7.43. The van der Waals surface area contributed by atoms with Crippen LogP contribution in [0.15, 0.2) is 40.2 Å². The maximum Gasteiger partial charge on any atom is 0.262 e. The normalized spacial score (nSPS) is 16.8. The molecule has 1 aliphatic rings. The van der Waals surface area contributed by atoms with Gasteiger partial charge >= 0.3 is 0 Å². The van der Waals surface area contributed by atoms with Gasteiger partial charge in [-0.15, -0.1) is 0 Å². The molecular weight excluding hydrogens is 367 g/mol. The molecule has 0 amide bonds. The highest BCUT2D eigenvalue weighted by atomic mass is 35.5. The summed E-state index contributed by atoms with van der Waals surface area (Å²) in [6.45, 7) is 3.91. The highest BCUT2D eigenvalue weighted by Crippen LogP contribution is 2.46. The van der Waals surface area contributed by atoms with E-state index in [2.05, 4.69) is 9.71 Å². The molecule has 0 aromatic heterocycles. The van der Waals surface area contributed by atoms with E-state index in [9.17, 15) is 8.42 Å². The topological polar surface area (TPSA) is 58.5 Å². The first-order chi connectivity index (χ1) is 11.3. The first-order valence-corrected chi connectivity index (χ1v) is 9.67. The highest BCUT2D eigenvalue weighted by Gasteiger charge is 2.25. The Morgan fingerprint density at radius 2 is 1.83 bits per heavy atom. The smallest absolute Gasteiger partial charge is 0.262 e. The molecule has 0 bridgehead atoms. The Kier molecular flexibility index (Phi) is 4.60. The molecule has 7 heteroatoms. The fraction of sp³-hybridized carbons (Fsp3) is 0.235. The Hall–Kier alpha value is -1.56. The van der Waals surface area contributed by atoms with Crippen molar-refractivity contribution >= 4 is 50.8 Å². The van der Waals surface area contributed by atoms with Crippen molar-refractivity contribution in [3.05, 3.63) is 51.5 Å². The second kappa shape index (κ2) is 6.39. The van der Waals surface area contributed by atoms with Crippen LogP contribution in [0.2, 0.25) is 10.0 Å². The fourth-order valence-electron chi connectivity index (χ4n) is 2.65. The van der Waals surface area contributed by atoms with Crippen LogP contribution < -0.4 is 4.72 Å². The van der Waals surface area contributed by atoms with Gasteiger partial charge in [0.2, 0.25) is 0 Å². The molecule has 0 fully saturated rings. The van der Waals surface area contributed by atoms with E-state index < -0.39 is 10.0 Å².